The van der Waals surface area contributed by atoms with Gasteiger partial charge >= 0.3 is 6.18 Å². The van der Waals surface area contributed by atoms with Crippen LogP contribution in [0.5, 0.6) is 0 Å². The molecule has 0 spiro atoms. The first kappa shape index (κ1) is 28.4. The SMILES string of the molecule is O=C(NCc1ccc(C(F)(F)F)cc1)C(=Cc1ccc(SC(=S)N2CCOCC2)o1)NC(=O)c1ccccc1. The zero-order chi connectivity index (χ0) is 27.8. The molecular weight excluding hydrogens is 551 g/mol. The normalized spacial score (nSPS) is 14.1. The zero-order valence-electron chi connectivity index (χ0n) is 20.5. The molecule has 2 heterocycles. The Balaban J connectivity index is 1.48. The van der Waals surface area contributed by atoms with Gasteiger partial charge in [-0.3, -0.25) is 9.59 Å². The highest BCUT2D eigenvalue weighted by molar-refractivity contribution is 8.22. The summed E-state index contributed by atoms with van der Waals surface area (Å²) in [6.07, 6.45) is -3.07. The van der Waals surface area contributed by atoms with Crippen molar-refractivity contribution < 1.29 is 31.9 Å². The van der Waals surface area contributed by atoms with E-state index < -0.39 is 23.6 Å². The van der Waals surface area contributed by atoms with Crippen LogP contribution in [-0.2, 0) is 22.3 Å². The molecule has 4 rings (SSSR count). The summed E-state index contributed by atoms with van der Waals surface area (Å²) < 4.78 is 50.3. The fourth-order valence-electron chi connectivity index (χ4n) is 3.54. The van der Waals surface area contributed by atoms with Crippen molar-refractivity contribution >= 4 is 46.2 Å². The van der Waals surface area contributed by atoms with E-state index in [1.54, 1.807) is 42.5 Å². The molecule has 7 nitrogen and oxygen atoms in total. The van der Waals surface area contributed by atoms with Gasteiger partial charge in [-0.1, -0.05) is 42.5 Å². The minimum atomic E-state index is -4.45. The summed E-state index contributed by atoms with van der Waals surface area (Å²) in [6.45, 7) is 2.52. The first-order chi connectivity index (χ1) is 18.7. The maximum absolute atomic E-state index is 13.0. The fraction of sp³-hybridized carbons (Fsp3) is 0.222. The molecular formula is C27H24F3N3O4S2. The second-order valence-electron chi connectivity index (χ2n) is 8.38. The molecule has 1 saturated heterocycles. The number of amides is 2. The number of nitrogens with zero attached hydrogens (tertiary/aromatic N) is 1. The van der Waals surface area contributed by atoms with Gasteiger partial charge in [0.1, 0.15) is 15.8 Å². The van der Waals surface area contributed by atoms with E-state index in [1.165, 1.54) is 30.0 Å². The third kappa shape index (κ3) is 8.19. The minimum Gasteiger partial charge on any atom is -0.450 e. The van der Waals surface area contributed by atoms with Crippen LogP contribution in [0.15, 0.2) is 81.9 Å². The lowest BCUT2D eigenvalue weighted by Gasteiger charge is -2.28. The van der Waals surface area contributed by atoms with Gasteiger partial charge in [-0.25, -0.2) is 0 Å². The highest BCUT2D eigenvalue weighted by atomic mass is 32.2. The predicted molar refractivity (Wildman–Crippen MR) is 145 cm³/mol. The molecule has 1 aliphatic rings. The molecule has 0 bridgehead atoms. The number of carbonyl (C=O) groups excluding carboxylic acids is 2. The summed E-state index contributed by atoms with van der Waals surface area (Å²) in [5.74, 6) is -0.856. The summed E-state index contributed by atoms with van der Waals surface area (Å²) in [5.41, 5.74) is -0.0887. The van der Waals surface area contributed by atoms with Gasteiger partial charge < -0.3 is 24.7 Å². The molecule has 3 aromatic rings. The quantitative estimate of drug-likeness (QED) is 0.231. The summed E-state index contributed by atoms with van der Waals surface area (Å²) in [5, 5.41) is 5.73. The van der Waals surface area contributed by atoms with Gasteiger partial charge in [0.25, 0.3) is 11.8 Å². The monoisotopic (exact) mass is 575 g/mol. The Labute approximate surface area is 232 Å². The van der Waals surface area contributed by atoms with Gasteiger partial charge in [-0.2, -0.15) is 13.2 Å². The molecule has 0 unspecified atom stereocenters. The molecule has 12 heteroatoms. The second-order valence-corrected chi connectivity index (χ2v) is 10.0. The topological polar surface area (TPSA) is 83.8 Å². The van der Waals surface area contributed by atoms with E-state index in [0.29, 0.717) is 52.6 Å². The van der Waals surface area contributed by atoms with Crippen molar-refractivity contribution in [3.8, 4) is 0 Å². The number of ether oxygens (including phenoxy) is 1. The second kappa shape index (κ2) is 13.0. The number of hydrogen-bond acceptors (Lipinski definition) is 6. The Morgan fingerprint density at radius 1 is 1.00 bits per heavy atom. The molecule has 1 fully saturated rings. The van der Waals surface area contributed by atoms with E-state index in [-0.39, 0.29) is 12.2 Å². The van der Waals surface area contributed by atoms with Crippen LogP contribution in [0.1, 0.15) is 27.2 Å². The third-order valence-corrected chi connectivity index (χ3v) is 6.97. The van der Waals surface area contributed by atoms with Crippen molar-refractivity contribution in [3.05, 3.63) is 94.9 Å². The van der Waals surface area contributed by atoms with Crippen LogP contribution < -0.4 is 10.6 Å². The molecule has 2 N–H and O–H groups in total. The number of rotatable bonds is 7. The van der Waals surface area contributed by atoms with Crippen molar-refractivity contribution in [1.29, 1.82) is 0 Å². The van der Waals surface area contributed by atoms with Gasteiger partial charge in [0.15, 0.2) is 5.09 Å². The lowest BCUT2D eigenvalue weighted by Crippen LogP contribution is -2.38. The first-order valence-electron chi connectivity index (χ1n) is 11.9. The molecule has 204 valence electrons. The Morgan fingerprint density at radius 2 is 1.69 bits per heavy atom. The molecule has 0 saturated carbocycles. The zero-order valence-corrected chi connectivity index (χ0v) is 22.1. The Morgan fingerprint density at radius 3 is 2.36 bits per heavy atom. The molecule has 1 aliphatic heterocycles. The molecule has 1 aromatic heterocycles. The molecule has 0 atom stereocenters. The van der Waals surface area contributed by atoms with Gasteiger partial charge in [0.2, 0.25) is 0 Å². The summed E-state index contributed by atoms with van der Waals surface area (Å²) in [4.78, 5) is 27.8. The number of thioether (sulfide) groups is 1. The van der Waals surface area contributed by atoms with Gasteiger partial charge in [0, 0.05) is 31.3 Å². The molecule has 2 aromatic carbocycles. The Kier molecular flexibility index (Phi) is 9.44. The van der Waals surface area contributed by atoms with Crippen molar-refractivity contribution in [3.63, 3.8) is 0 Å². The maximum Gasteiger partial charge on any atom is 0.416 e. The van der Waals surface area contributed by atoms with Crippen LogP contribution in [-0.4, -0.2) is 47.3 Å². The number of furan rings is 1. The molecule has 39 heavy (non-hydrogen) atoms. The average molecular weight is 576 g/mol. The average Bonchev–Trinajstić information content (AvgIpc) is 3.38. The van der Waals surface area contributed by atoms with E-state index in [9.17, 15) is 22.8 Å². The number of hydrogen-bond donors (Lipinski definition) is 2. The number of thiocarbonyl (C=S) groups is 1. The van der Waals surface area contributed by atoms with Crippen molar-refractivity contribution in [1.82, 2.24) is 15.5 Å². The minimum absolute atomic E-state index is 0.0530. The summed E-state index contributed by atoms with van der Waals surface area (Å²) in [7, 11) is 0. The number of carbonyl (C=O) groups is 2. The third-order valence-electron chi connectivity index (χ3n) is 5.61. The molecule has 0 radical (unpaired) electrons. The number of nitrogens with one attached hydrogen (secondary N) is 2. The van der Waals surface area contributed by atoms with Gasteiger partial charge in [-0.05, 0) is 53.7 Å². The van der Waals surface area contributed by atoms with Crippen LogP contribution in [0.25, 0.3) is 6.08 Å². The molecule has 0 aliphatic carbocycles. The Hall–Kier alpha value is -3.61. The van der Waals surface area contributed by atoms with Crippen LogP contribution in [0, 0.1) is 0 Å². The number of morpholine rings is 1. The Bertz CT molecular complexity index is 1340. The molecule has 2 amide bonds. The van der Waals surface area contributed by atoms with E-state index in [4.69, 9.17) is 21.4 Å². The van der Waals surface area contributed by atoms with E-state index in [1.807, 2.05) is 4.90 Å². The van der Waals surface area contributed by atoms with Crippen LogP contribution in [0.4, 0.5) is 13.2 Å². The highest BCUT2D eigenvalue weighted by Gasteiger charge is 2.30. The standard InChI is InChI=1S/C27H24F3N3O4S2/c28-27(29,30)20-8-6-18(7-9-20)17-31-25(35)22(32-24(34)19-4-2-1-3-5-19)16-21-10-11-23(37-21)39-26(38)33-12-14-36-15-13-33/h1-11,16H,12-15,17H2,(H,31,35)(H,32,34). The smallest absolute Gasteiger partial charge is 0.416 e. The van der Waals surface area contributed by atoms with Crippen LogP contribution in [0.3, 0.4) is 0 Å². The first-order valence-corrected chi connectivity index (χ1v) is 13.1. The predicted octanol–water partition coefficient (Wildman–Crippen LogP) is 5.09. The lowest BCUT2D eigenvalue weighted by atomic mass is 10.1. The van der Waals surface area contributed by atoms with Gasteiger partial charge in [-0.15, -0.1) is 0 Å². The van der Waals surface area contributed by atoms with E-state index in [2.05, 4.69) is 10.6 Å². The van der Waals surface area contributed by atoms with Crippen molar-refractivity contribution in [2.75, 3.05) is 26.3 Å². The summed E-state index contributed by atoms with van der Waals surface area (Å²) >= 11 is 6.75. The van der Waals surface area contributed by atoms with E-state index >= 15 is 0 Å². The van der Waals surface area contributed by atoms with Crippen molar-refractivity contribution in [2.45, 2.75) is 17.8 Å². The fourth-order valence-corrected chi connectivity index (χ4v) is 4.72. The number of alkyl halides is 3. The van der Waals surface area contributed by atoms with Crippen LogP contribution in [0.2, 0.25) is 0 Å². The number of benzene rings is 2. The lowest BCUT2D eigenvalue weighted by molar-refractivity contribution is -0.137. The number of halogens is 3. The van der Waals surface area contributed by atoms with Crippen LogP contribution >= 0.6 is 24.0 Å². The highest BCUT2D eigenvalue weighted by Crippen LogP contribution is 2.29. The van der Waals surface area contributed by atoms with E-state index in [0.717, 1.165) is 12.1 Å². The van der Waals surface area contributed by atoms with Gasteiger partial charge in [0.05, 0.1) is 18.8 Å². The largest absolute Gasteiger partial charge is 0.450 e. The maximum atomic E-state index is 13.0. The van der Waals surface area contributed by atoms with Crippen molar-refractivity contribution in [2.24, 2.45) is 0 Å². The summed E-state index contributed by atoms with van der Waals surface area (Å²) in [6, 6.07) is 16.1.